The van der Waals surface area contributed by atoms with Crippen LogP contribution < -0.4 is 5.32 Å². The first-order chi connectivity index (χ1) is 9.56. The molecule has 1 N–H and O–H groups in total. The molecule has 0 bridgehead atoms. The summed E-state index contributed by atoms with van der Waals surface area (Å²) >= 11 is 0. The van der Waals surface area contributed by atoms with E-state index in [2.05, 4.69) is 26.1 Å². The summed E-state index contributed by atoms with van der Waals surface area (Å²) in [5.74, 6) is 1.80. The Morgan fingerprint density at radius 3 is 2.45 bits per heavy atom. The van der Waals surface area contributed by atoms with Crippen LogP contribution in [-0.2, 0) is 4.74 Å². The summed E-state index contributed by atoms with van der Waals surface area (Å²) < 4.78 is 5.79. The lowest BCUT2D eigenvalue weighted by Gasteiger charge is -2.37. The lowest BCUT2D eigenvalue weighted by Crippen LogP contribution is -2.42. The number of carbonyl (C=O) groups is 1. The van der Waals surface area contributed by atoms with Gasteiger partial charge in [-0.1, -0.05) is 46.5 Å². The fourth-order valence-electron chi connectivity index (χ4n) is 3.84. The first-order valence-electron chi connectivity index (χ1n) is 8.53. The van der Waals surface area contributed by atoms with Gasteiger partial charge in [-0.25, -0.2) is 4.79 Å². The number of ether oxygens (including phenoxy) is 1. The maximum atomic E-state index is 12.1. The van der Waals surface area contributed by atoms with Crippen molar-refractivity contribution in [1.29, 1.82) is 0 Å². The first-order valence-corrected chi connectivity index (χ1v) is 8.53. The van der Waals surface area contributed by atoms with Gasteiger partial charge < -0.3 is 10.1 Å². The monoisotopic (exact) mass is 281 g/mol. The van der Waals surface area contributed by atoms with E-state index < -0.39 is 0 Å². The van der Waals surface area contributed by atoms with Crippen molar-refractivity contribution in [1.82, 2.24) is 5.32 Å². The Kier molecular flexibility index (Phi) is 5.74. The van der Waals surface area contributed by atoms with Crippen molar-refractivity contribution in [2.24, 2.45) is 17.8 Å². The molecule has 3 nitrogen and oxygen atoms in total. The van der Waals surface area contributed by atoms with Crippen LogP contribution in [0, 0.1) is 17.8 Å². The number of carbonyl (C=O) groups excluding carboxylic acids is 1. The number of amides is 1. The third kappa shape index (κ3) is 4.39. The van der Waals surface area contributed by atoms with E-state index in [-0.39, 0.29) is 12.2 Å². The summed E-state index contributed by atoms with van der Waals surface area (Å²) in [5, 5.41) is 3.08. The van der Waals surface area contributed by atoms with Crippen molar-refractivity contribution in [3.8, 4) is 0 Å². The van der Waals surface area contributed by atoms with E-state index in [0.717, 1.165) is 19.3 Å². The molecule has 0 aromatic heterocycles. The second kappa shape index (κ2) is 7.33. The molecule has 0 heterocycles. The predicted molar refractivity (Wildman–Crippen MR) is 81.6 cm³/mol. The van der Waals surface area contributed by atoms with Gasteiger partial charge >= 0.3 is 6.09 Å². The van der Waals surface area contributed by atoms with Crippen LogP contribution in [0.3, 0.4) is 0 Å². The largest absolute Gasteiger partial charge is 0.446 e. The van der Waals surface area contributed by atoms with Crippen LogP contribution in [0.2, 0.25) is 0 Å². The third-order valence-corrected chi connectivity index (χ3v) is 5.15. The molecule has 1 amide bonds. The van der Waals surface area contributed by atoms with Crippen molar-refractivity contribution in [2.45, 2.75) is 84.3 Å². The van der Waals surface area contributed by atoms with Crippen LogP contribution in [0.1, 0.15) is 72.1 Å². The van der Waals surface area contributed by atoms with Gasteiger partial charge in [-0.3, -0.25) is 0 Å². The lowest BCUT2D eigenvalue weighted by atomic mass is 9.75. The van der Waals surface area contributed by atoms with Crippen molar-refractivity contribution >= 4 is 6.09 Å². The molecule has 3 heteroatoms. The summed E-state index contributed by atoms with van der Waals surface area (Å²) in [4.78, 5) is 12.1. The summed E-state index contributed by atoms with van der Waals surface area (Å²) in [6.45, 7) is 6.76. The zero-order valence-electron chi connectivity index (χ0n) is 13.4. The molecule has 20 heavy (non-hydrogen) atoms. The maximum absolute atomic E-state index is 12.1. The lowest BCUT2D eigenvalue weighted by molar-refractivity contribution is 0.00447. The molecule has 0 aliphatic heterocycles. The van der Waals surface area contributed by atoms with Crippen molar-refractivity contribution in [3.63, 3.8) is 0 Å². The molecule has 2 aliphatic rings. The zero-order chi connectivity index (χ0) is 14.5. The van der Waals surface area contributed by atoms with Gasteiger partial charge in [-0.15, -0.1) is 0 Å². The van der Waals surface area contributed by atoms with Gasteiger partial charge in [-0.2, -0.15) is 0 Å². The van der Waals surface area contributed by atoms with Crippen LogP contribution in [0.4, 0.5) is 4.79 Å². The van der Waals surface area contributed by atoms with Crippen molar-refractivity contribution < 1.29 is 9.53 Å². The van der Waals surface area contributed by atoms with Crippen LogP contribution in [0.25, 0.3) is 0 Å². The molecular weight excluding hydrogens is 250 g/mol. The number of hydrogen-bond donors (Lipinski definition) is 1. The number of alkyl carbamates (subject to hydrolysis) is 1. The standard InChI is InChI=1S/C17H31NO2/c1-12(2)15-10-9-13(3)11-16(15)20-17(19)18-14-7-5-4-6-8-14/h12-16H,4-11H2,1-3H3,(H,18,19)/t13?,15-,16?/m0/s1. The average Bonchev–Trinajstić information content (AvgIpc) is 2.39. The molecule has 0 spiro atoms. The normalized spacial score (nSPS) is 32.1. The highest BCUT2D eigenvalue weighted by atomic mass is 16.6. The van der Waals surface area contributed by atoms with Gasteiger partial charge in [0.1, 0.15) is 6.10 Å². The topological polar surface area (TPSA) is 38.3 Å². The Balaban J connectivity index is 1.83. The molecule has 116 valence electrons. The zero-order valence-corrected chi connectivity index (χ0v) is 13.4. The molecule has 0 saturated heterocycles. The Hall–Kier alpha value is -0.730. The molecule has 2 fully saturated rings. The first kappa shape index (κ1) is 15.7. The Morgan fingerprint density at radius 1 is 1.10 bits per heavy atom. The second-order valence-electron chi connectivity index (χ2n) is 7.25. The minimum atomic E-state index is -0.179. The molecule has 2 unspecified atom stereocenters. The van der Waals surface area contributed by atoms with Crippen LogP contribution >= 0.6 is 0 Å². The summed E-state index contributed by atoms with van der Waals surface area (Å²) in [7, 11) is 0. The van der Waals surface area contributed by atoms with Crippen molar-refractivity contribution in [3.05, 3.63) is 0 Å². The highest BCUT2D eigenvalue weighted by Gasteiger charge is 2.33. The highest BCUT2D eigenvalue weighted by molar-refractivity contribution is 5.67. The van der Waals surface area contributed by atoms with E-state index in [4.69, 9.17) is 4.74 Å². The smallest absolute Gasteiger partial charge is 0.407 e. The molecule has 0 aromatic rings. The van der Waals surface area contributed by atoms with Gasteiger partial charge in [0.15, 0.2) is 0 Å². The van der Waals surface area contributed by atoms with E-state index >= 15 is 0 Å². The Morgan fingerprint density at radius 2 is 1.80 bits per heavy atom. The quantitative estimate of drug-likeness (QED) is 0.826. The van der Waals surface area contributed by atoms with Crippen LogP contribution in [-0.4, -0.2) is 18.2 Å². The molecule has 2 rings (SSSR count). The summed E-state index contributed by atoms with van der Waals surface area (Å²) in [6, 6.07) is 0.342. The Bertz CT molecular complexity index is 310. The van der Waals surface area contributed by atoms with Crippen LogP contribution in [0.5, 0.6) is 0 Å². The molecule has 2 saturated carbocycles. The molecule has 0 radical (unpaired) electrons. The summed E-state index contributed by atoms with van der Waals surface area (Å²) in [6.07, 6.45) is 9.44. The van der Waals surface area contributed by atoms with Gasteiger partial charge in [0.2, 0.25) is 0 Å². The summed E-state index contributed by atoms with van der Waals surface area (Å²) in [5.41, 5.74) is 0. The number of hydrogen-bond acceptors (Lipinski definition) is 2. The van der Waals surface area contributed by atoms with E-state index in [0.29, 0.717) is 23.8 Å². The third-order valence-electron chi connectivity index (χ3n) is 5.15. The SMILES string of the molecule is CC1CC[C@@H](C(C)C)C(OC(=O)NC2CCCCC2)C1. The van der Waals surface area contributed by atoms with E-state index in [1.165, 1.54) is 32.1 Å². The second-order valence-corrected chi connectivity index (χ2v) is 7.25. The fraction of sp³-hybridized carbons (Fsp3) is 0.941. The fourth-order valence-corrected chi connectivity index (χ4v) is 3.84. The van der Waals surface area contributed by atoms with Gasteiger partial charge in [-0.05, 0) is 43.4 Å². The number of nitrogens with one attached hydrogen (secondary N) is 1. The van der Waals surface area contributed by atoms with E-state index in [1.54, 1.807) is 0 Å². The Labute approximate surface area is 123 Å². The molecular formula is C17H31NO2. The minimum absolute atomic E-state index is 0.113. The van der Waals surface area contributed by atoms with Crippen LogP contribution in [0.15, 0.2) is 0 Å². The predicted octanol–water partition coefficient (Wildman–Crippen LogP) is 4.51. The molecule has 3 atom stereocenters. The molecule has 0 aromatic carbocycles. The van der Waals surface area contributed by atoms with Gasteiger partial charge in [0.25, 0.3) is 0 Å². The van der Waals surface area contributed by atoms with Gasteiger partial charge in [0.05, 0.1) is 0 Å². The van der Waals surface area contributed by atoms with E-state index in [1.807, 2.05) is 0 Å². The van der Waals surface area contributed by atoms with Crippen molar-refractivity contribution in [2.75, 3.05) is 0 Å². The molecule has 2 aliphatic carbocycles. The van der Waals surface area contributed by atoms with E-state index in [9.17, 15) is 4.79 Å². The highest BCUT2D eigenvalue weighted by Crippen LogP contribution is 2.35. The number of rotatable bonds is 3. The van der Waals surface area contributed by atoms with Gasteiger partial charge in [0, 0.05) is 6.04 Å². The maximum Gasteiger partial charge on any atom is 0.407 e. The average molecular weight is 281 g/mol. The minimum Gasteiger partial charge on any atom is -0.446 e.